The number of aryl methyl sites for hydroxylation is 1. The molecule has 5 rings (SSSR count). The SMILES string of the molecule is CC(C)(C)O.Cc1cc(F)ccc1CN1CCc2cc(-c3c(N)nc(Cl)c(CC(=O)O)c3N3CCC(C)(C)CC3)ccc2C1. The lowest BCUT2D eigenvalue weighted by Crippen LogP contribution is -2.38. The van der Waals surface area contributed by atoms with Gasteiger partial charge in [-0.15, -0.1) is 0 Å². The van der Waals surface area contributed by atoms with Crippen LogP contribution in [0.4, 0.5) is 15.9 Å². The lowest BCUT2D eigenvalue weighted by atomic mass is 9.82. The molecule has 4 N–H and O–H groups in total. The minimum atomic E-state index is -0.949. The number of piperidine rings is 1. The Balaban J connectivity index is 0.000000818. The Hall–Kier alpha value is -3.20. The Morgan fingerprint density at radius 2 is 1.75 bits per heavy atom. The third kappa shape index (κ3) is 8.71. The number of aliphatic carboxylic acids is 1. The Morgan fingerprint density at radius 3 is 2.36 bits per heavy atom. The predicted octanol–water partition coefficient (Wildman–Crippen LogP) is 7.02. The van der Waals surface area contributed by atoms with E-state index in [4.69, 9.17) is 22.4 Å². The zero-order valence-corrected chi connectivity index (χ0v) is 27.6. The number of anilines is 2. The first-order valence-electron chi connectivity index (χ1n) is 15.3. The number of aliphatic hydroxyl groups is 1. The molecule has 2 aliphatic heterocycles. The summed E-state index contributed by atoms with van der Waals surface area (Å²) in [5.74, 6) is -0.837. The molecule has 238 valence electrons. The molecular formula is C35H46ClFN4O3. The number of rotatable bonds is 6. The molecule has 3 heterocycles. The van der Waals surface area contributed by atoms with Crippen LogP contribution in [-0.2, 0) is 30.7 Å². The third-order valence-corrected chi connectivity index (χ3v) is 8.61. The van der Waals surface area contributed by atoms with Crippen LogP contribution < -0.4 is 10.6 Å². The molecule has 2 aromatic carbocycles. The highest BCUT2D eigenvalue weighted by molar-refractivity contribution is 6.31. The second kappa shape index (κ2) is 13.4. The fourth-order valence-corrected chi connectivity index (χ4v) is 6.10. The first-order valence-corrected chi connectivity index (χ1v) is 15.6. The first kappa shape index (κ1) is 33.7. The van der Waals surface area contributed by atoms with E-state index in [2.05, 4.69) is 46.8 Å². The lowest BCUT2D eigenvalue weighted by Gasteiger charge is -2.40. The number of halogens is 2. The minimum Gasteiger partial charge on any atom is -0.481 e. The Morgan fingerprint density at radius 1 is 1.09 bits per heavy atom. The van der Waals surface area contributed by atoms with Gasteiger partial charge in [-0.1, -0.05) is 49.7 Å². The van der Waals surface area contributed by atoms with Crippen LogP contribution in [0.1, 0.15) is 75.3 Å². The number of benzene rings is 2. The largest absolute Gasteiger partial charge is 0.481 e. The summed E-state index contributed by atoms with van der Waals surface area (Å²) in [7, 11) is 0. The van der Waals surface area contributed by atoms with Crippen molar-refractivity contribution in [3.63, 3.8) is 0 Å². The van der Waals surface area contributed by atoms with Crippen molar-refractivity contribution in [3.05, 3.63) is 75.2 Å². The highest BCUT2D eigenvalue weighted by Gasteiger charge is 2.31. The molecule has 0 aliphatic carbocycles. The van der Waals surface area contributed by atoms with Gasteiger partial charge in [0.25, 0.3) is 0 Å². The maximum absolute atomic E-state index is 13.6. The van der Waals surface area contributed by atoms with Crippen LogP contribution in [0.2, 0.25) is 5.15 Å². The summed E-state index contributed by atoms with van der Waals surface area (Å²) in [5, 5.41) is 18.4. The Kier molecular flexibility index (Phi) is 10.3. The molecule has 0 atom stereocenters. The third-order valence-electron chi connectivity index (χ3n) is 8.29. The number of hydrogen-bond donors (Lipinski definition) is 3. The van der Waals surface area contributed by atoms with Gasteiger partial charge in [-0.3, -0.25) is 9.69 Å². The molecule has 3 aromatic rings. The molecule has 0 bridgehead atoms. The monoisotopic (exact) mass is 624 g/mol. The number of aromatic nitrogens is 1. The van der Waals surface area contributed by atoms with Gasteiger partial charge in [-0.25, -0.2) is 9.37 Å². The van der Waals surface area contributed by atoms with Gasteiger partial charge in [0.2, 0.25) is 0 Å². The maximum Gasteiger partial charge on any atom is 0.308 e. The summed E-state index contributed by atoms with van der Waals surface area (Å²) in [6.07, 6.45) is 2.65. The van der Waals surface area contributed by atoms with Gasteiger partial charge in [-0.05, 0) is 92.3 Å². The van der Waals surface area contributed by atoms with Gasteiger partial charge in [0.1, 0.15) is 16.8 Å². The van der Waals surface area contributed by atoms with Gasteiger partial charge in [0.05, 0.1) is 17.7 Å². The summed E-state index contributed by atoms with van der Waals surface area (Å²) in [6.45, 7) is 15.8. The van der Waals surface area contributed by atoms with E-state index < -0.39 is 11.6 Å². The van der Waals surface area contributed by atoms with E-state index in [9.17, 15) is 14.3 Å². The van der Waals surface area contributed by atoms with Gasteiger partial charge in [-0.2, -0.15) is 0 Å². The number of carboxylic acid groups (broad SMARTS) is 1. The highest BCUT2D eigenvalue weighted by Crippen LogP contribution is 2.44. The van der Waals surface area contributed by atoms with Crippen molar-refractivity contribution in [2.24, 2.45) is 5.41 Å². The van der Waals surface area contributed by atoms with Crippen LogP contribution in [0.5, 0.6) is 0 Å². The average molecular weight is 625 g/mol. The molecule has 1 fully saturated rings. The molecule has 0 amide bonds. The van der Waals surface area contributed by atoms with E-state index in [1.54, 1.807) is 26.8 Å². The van der Waals surface area contributed by atoms with Gasteiger partial charge in [0, 0.05) is 43.9 Å². The van der Waals surface area contributed by atoms with Crippen LogP contribution in [0.3, 0.4) is 0 Å². The first-order chi connectivity index (χ1) is 20.5. The summed E-state index contributed by atoms with van der Waals surface area (Å²) < 4.78 is 13.6. The second-order valence-electron chi connectivity index (χ2n) is 13.9. The standard InChI is InChI=1S/C31H36ClFN4O2.C4H10O/c1-19-14-24(33)7-6-22(19)17-36-11-8-20-15-21(4-5-23(20)18-36)27-28(37-12-9-31(2,3)10-13-37)25(16-26(38)39)29(32)35-30(27)34;1-4(2,3)5/h4-7,14-15H,8-13,16-18H2,1-3H3,(H2,34,35)(H,38,39);5H,1-3H3. The number of nitrogen functional groups attached to an aromatic ring is 1. The van der Waals surface area contributed by atoms with E-state index in [1.807, 2.05) is 13.0 Å². The van der Waals surface area contributed by atoms with Crippen LogP contribution in [0.25, 0.3) is 11.1 Å². The fraction of sp³-hybridized carbons (Fsp3) is 0.486. The van der Waals surface area contributed by atoms with Crippen molar-refractivity contribution >= 4 is 29.1 Å². The zero-order chi connectivity index (χ0) is 32.4. The number of carboxylic acids is 1. The molecule has 0 unspecified atom stereocenters. The topological polar surface area (TPSA) is 103 Å². The van der Waals surface area contributed by atoms with Gasteiger partial charge in [0.15, 0.2) is 0 Å². The van der Waals surface area contributed by atoms with Crippen LogP contribution in [0.15, 0.2) is 36.4 Å². The van der Waals surface area contributed by atoms with E-state index in [0.29, 0.717) is 11.4 Å². The number of hydrogen-bond acceptors (Lipinski definition) is 6. The number of nitrogens with two attached hydrogens (primary N) is 1. The van der Waals surface area contributed by atoms with Crippen LogP contribution in [-0.4, -0.2) is 51.3 Å². The lowest BCUT2D eigenvalue weighted by molar-refractivity contribution is -0.136. The molecular weight excluding hydrogens is 579 g/mol. The Bertz CT molecular complexity index is 1500. The summed E-state index contributed by atoms with van der Waals surface area (Å²) in [5.41, 5.74) is 13.9. The van der Waals surface area contributed by atoms with Gasteiger partial charge < -0.3 is 20.8 Å². The molecule has 0 spiro atoms. The molecule has 0 radical (unpaired) electrons. The predicted molar refractivity (Wildman–Crippen MR) is 177 cm³/mol. The fourth-order valence-electron chi connectivity index (χ4n) is 5.86. The molecule has 1 aromatic heterocycles. The molecule has 1 saturated heterocycles. The van der Waals surface area contributed by atoms with E-state index in [-0.39, 0.29) is 22.8 Å². The van der Waals surface area contributed by atoms with Crippen molar-refractivity contribution in [3.8, 4) is 11.1 Å². The molecule has 0 saturated carbocycles. The average Bonchev–Trinajstić information content (AvgIpc) is 2.90. The number of pyridine rings is 1. The smallest absolute Gasteiger partial charge is 0.308 e. The molecule has 7 nitrogen and oxygen atoms in total. The maximum atomic E-state index is 13.6. The molecule has 2 aliphatic rings. The van der Waals surface area contributed by atoms with Crippen LogP contribution in [0, 0.1) is 18.2 Å². The summed E-state index contributed by atoms with van der Waals surface area (Å²) in [4.78, 5) is 20.8. The number of nitrogens with zero attached hydrogens (tertiary/aromatic N) is 3. The minimum absolute atomic E-state index is 0.156. The highest BCUT2D eigenvalue weighted by atomic mass is 35.5. The Labute approximate surface area is 265 Å². The van der Waals surface area contributed by atoms with Crippen molar-refractivity contribution in [1.82, 2.24) is 9.88 Å². The van der Waals surface area contributed by atoms with Crippen molar-refractivity contribution in [2.75, 3.05) is 30.3 Å². The molecule has 44 heavy (non-hydrogen) atoms. The van der Waals surface area contributed by atoms with E-state index in [0.717, 1.165) is 79.9 Å². The normalized spacial score (nSPS) is 16.6. The summed E-state index contributed by atoms with van der Waals surface area (Å²) in [6, 6.07) is 11.4. The van der Waals surface area contributed by atoms with E-state index >= 15 is 0 Å². The van der Waals surface area contributed by atoms with Crippen molar-refractivity contribution in [1.29, 1.82) is 0 Å². The van der Waals surface area contributed by atoms with Crippen molar-refractivity contribution < 1.29 is 19.4 Å². The zero-order valence-electron chi connectivity index (χ0n) is 26.8. The van der Waals surface area contributed by atoms with Crippen molar-refractivity contribution in [2.45, 2.75) is 85.9 Å². The van der Waals surface area contributed by atoms with Gasteiger partial charge >= 0.3 is 5.97 Å². The number of carbonyl (C=O) groups is 1. The summed E-state index contributed by atoms with van der Waals surface area (Å²) >= 11 is 6.52. The number of fused-ring (bicyclic) bond motifs is 1. The quantitative estimate of drug-likeness (QED) is 0.253. The van der Waals surface area contributed by atoms with E-state index in [1.165, 1.54) is 17.2 Å². The second-order valence-corrected chi connectivity index (χ2v) is 14.3. The van der Waals surface area contributed by atoms with Crippen LogP contribution >= 0.6 is 11.6 Å². The molecule has 9 heteroatoms.